The number of fused-ring (bicyclic) bond motifs is 1. The van der Waals surface area contributed by atoms with Crippen LogP contribution < -0.4 is 5.32 Å². The maximum absolute atomic E-state index is 4.75. The average molecular weight is 255 g/mol. The van der Waals surface area contributed by atoms with E-state index < -0.39 is 0 Å². The van der Waals surface area contributed by atoms with Gasteiger partial charge in [0.05, 0.1) is 11.4 Å². The summed E-state index contributed by atoms with van der Waals surface area (Å²) in [6.45, 7) is 1.94. The normalized spacial score (nSPS) is 42.6. The summed E-state index contributed by atoms with van der Waals surface area (Å²) < 4.78 is 0. The molecule has 1 aliphatic heterocycles. The molecule has 0 atom stereocenters. The van der Waals surface area contributed by atoms with E-state index in [9.17, 15) is 0 Å². The highest BCUT2D eigenvalue weighted by molar-refractivity contribution is 5.32. The molecule has 3 nitrogen and oxygen atoms in total. The predicted molar refractivity (Wildman–Crippen MR) is 72.4 cm³/mol. The van der Waals surface area contributed by atoms with Crippen molar-refractivity contribution in [1.29, 1.82) is 0 Å². The number of nitrogens with one attached hydrogen (secondary N) is 1. The first-order valence-electron chi connectivity index (χ1n) is 7.92. The molecule has 4 bridgehead atoms. The highest BCUT2D eigenvalue weighted by Gasteiger charge is 2.49. The lowest BCUT2D eigenvalue weighted by Crippen LogP contribution is -2.44. The standard InChI is InChI=1S/C16H21N3/c1-9-2-11-4-10(1)5-12(3-9)15(11)16-13-6-17-7-14(13)18-8-19-16/h8-12,15,17H,1-7H2. The molecule has 0 saturated heterocycles. The number of nitrogens with zero attached hydrogens (tertiary/aromatic N) is 2. The maximum Gasteiger partial charge on any atom is 0.116 e. The van der Waals surface area contributed by atoms with Crippen molar-refractivity contribution in [3.8, 4) is 0 Å². The van der Waals surface area contributed by atoms with Gasteiger partial charge >= 0.3 is 0 Å². The van der Waals surface area contributed by atoms with Gasteiger partial charge < -0.3 is 5.32 Å². The number of hydrogen-bond acceptors (Lipinski definition) is 3. The maximum atomic E-state index is 4.75. The first kappa shape index (κ1) is 10.8. The van der Waals surface area contributed by atoms with Crippen molar-refractivity contribution in [2.45, 2.75) is 51.1 Å². The van der Waals surface area contributed by atoms with Crippen LogP contribution in [0.25, 0.3) is 0 Å². The molecule has 4 fully saturated rings. The highest BCUT2D eigenvalue weighted by atomic mass is 15.0. The molecule has 0 radical (unpaired) electrons. The van der Waals surface area contributed by atoms with Crippen molar-refractivity contribution in [2.75, 3.05) is 0 Å². The topological polar surface area (TPSA) is 37.8 Å². The molecule has 4 aliphatic carbocycles. The van der Waals surface area contributed by atoms with Crippen molar-refractivity contribution in [3.05, 3.63) is 23.3 Å². The van der Waals surface area contributed by atoms with Gasteiger partial charge in [-0.25, -0.2) is 9.97 Å². The van der Waals surface area contributed by atoms with Crippen molar-refractivity contribution in [1.82, 2.24) is 15.3 Å². The molecule has 0 amide bonds. The third-order valence-corrected chi connectivity index (χ3v) is 6.20. The molecule has 1 N–H and O–H groups in total. The summed E-state index contributed by atoms with van der Waals surface area (Å²) in [5.41, 5.74) is 4.13. The molecule has 0 aromatic carbocycles. The number of aromatic nitrogens is 2. The van der Waals surface area contributed by atoms with Gasteiger partial charge in [0, 0.05) is 24.6 Å². The molecule has 5 aliphatic rings. The van der Waals surface area contributed by atoms with Crippen molar-refractivity contribution >= 4 is 0 Å². The fraction of sp³-hybridized carbons (Fsp3) is 0.750. The minimum Gasteiger partial charge on any atom is -0.307 e. The van der Waals surface area contributed by atoms with Crippen LogP contribution in [0.3, 0.4) is 0 Å². The van der Waals surface area contributed by atoms with E-state index in [1.165, 1.54) is 49.1 Å². The summed E-state index contributed by atoms with van der Waals surface area (Å²) in [6.07, 6.45) is 9.25. The Labute approximate surface area is 114 Å². The molecular formula is C16H21N3. The van der Waals surface area contributed by atoms with Crippen molar-refractivity contribution in [2.24, 2.45) is 23.7 Å². The zero-order valence-electron chi connectivity index (χ0n) is 11.3. The molecule has 1 aromatic rings. The van der Waals surface area contributed by atoms with E-state index in [1.807, 2.05) is 6.33 Å². The zero-order valence-corrected chi connectivity index (χ0v) is 11.3. The predicted octanol–water partition coefficient (Wildman–Crippen LogP) is 2.62. The Balaban J connectivity index is 1.58. The van der Waals surface area contributed by atoms with Crippen LogP contribution in [0, 0.1) is 23.7 Å². The molecule has 3 heteroatoms. The van der Waals surface area contributed by atoms with E-state index in [0.29, 0.717) is 0 Å². The van der Waals surface area contributed by atoms with Gasteiger partial charge in [0.2, 0.25) is 0 Å². The second-order valence-electron chi connectivity index (χ2n) is 7.24. The van der Waals surface area contributed by atoms with Gasteiger partial charge in [0.1, 0.15) is 6.33 Å². The van der Waals surface area contributed by atoms with Crippen LogP contribution in [0.5, 0.6) is 0 Å². The lowest BCUT2D eigenvalue weighted by molar-refractivity contribution is -0.00448. The first-order chi connectivity index (χ1) is 9.38. The van der Waals surface area contributed by atoms with E-state index in [4.69, 9.17) is 4.98 Å². The summed E-state index contributed by atoms with van der Waals surface area (Å²) in [7, 11) is 0. The Kier molecular flexibility index (Phi) is 2.15. The summed E-state index contributed by atoms with van der Waals surface area (Å²) in [6, 6.07) is 0. The van der Waals surface area contributed by atoms with Gasteiger partial charge in [-0.05, 0) is 55.8 Å². The Bertz CT molecular complexity index is 497. The Morgan fingerprint density at radius 2 is 1.63 bits per heavy atom. The largest absolute Gasteiger partial charge is 0.307 e. The molecule has 19 heavy (non-hydrogen) atoms. The molecule has 2 heterocycles. The third kappa shape index (κ3) is 1.48. The average Bonchev–Trinajstić information content (AvgIpc) is 2.86. The lowest BCUT2D eigenvalue weighted by atomic mass is 9.51. The van der Waals surface area contributed by atoms with E-state index in [0.717, 1.165) is 42.7 Å². The van der Waals surface area contributed by atoms with Gasteiger partial charge in [-0.1, -0.05) is 0 Å². The molecule has 0 spiro atoms. The van der Waals surface area contributed by atoms with Gasteiger partial charge in [0.15, 0.2) is 0 Å². The third-order valence-electron chi connectivity index (χ3n) is 6.20. The monoisotopic (exact) mass is 255 g/mol. The molecule has 100 valence electrons. The molecule has 4 saturated carbocycles. The summed E-state index contributed by atoms with van der Waals surface area (Å²) >= 11 is 0. The summed E-state index contributed by atoms with van der Waals surface area (Å²) in [5, 5.41) is 3.45. The lowest BCUT2D eigenvalue weighted by Gasteiger charge is -2.54. The number of rotatable bonds is 1. The SMILES string of the molecule is c1nc2c(c(C3C4CC5CC(C4)CC3C5)n1)CNC2. The fourth-order valence-electron chi connectivity index (χ4n) is 5.77. The molecular weight excluding hydrogens is 234 g/mol. The first-order valence-corrected chi connectivity index (χ1v) is 7.92. The minimum atomic E-state index is 0.754. The quantitative estimate of drug-likeness (QED) is 0.838. The van der Waals surface area contributed by atoms with Gasteiger partial charge in [-0.2, -0.15) is 0 Å². The van der Waals surface area contributed by atoms with Gasteiger partial charge in [-0.3, -0.25) is 0 Å². The second-order valence-corrected chi connectivity index (χ2v) is 7.24. The zero-order chi connectivity index (χ0) is 12.4. The Hall–Kier alpha value is -0.960. The van der Waals surface area contributed by atoms with Crippen LogP contribution >= 0.6 is 0 Å². The minimum absolute atomic E-state index is 0.754. The fourth-order valence-corrected chi connectivity index (χ4v) is 5.77. The van der Waals surface area contributed by atoms with E-state index in [1.54, 1.807) is 0 Å². The van der Waals surface area contributed by atoms with E-state index in [2.05, 4.69) is 10.3 Å². The van der Waals surface area contributed by atoms with Crippen LogP contribution in [0.2, 0.25) is 0 Å². The van der Waals surface area contributed by atoms with Crippen molar-refractivity contribution < 1.29 is 0 Å². The Morgan fingerprint density at radius 1 is 0.895 bits per heavy atom. The molecule has 6 rings (SSSR count). The van der Waals surface area contributed by atoms with E-state index in [-0.39, 0.29) is 0 Å². The summed E-state index contributed by atoms with van der Waals surface area (Å²) in [5.74, 6) is 4.70. The van der Waals surface area contributed by atoms with Gasteiger partial charge in [0.25, 0.3) is 0 Å². The van der Waals surface area contributed by atoms with Crippen LogP contribution in [-0.2, 0) is 13.1 Å². The van der Waals surface area contributed by atoms with Gasteiger partial charge in [-0.15, -0.1) is 0 Å². The van der Waals surface area contributed by atoms with Crippen LogP contribution in [0.1, 0.15) is 55.0 Å². The summed E-state index contributed by atoms with van der Waals surface area (Å²) in [4.78, 5) is 9.20. The van der Waals surface area contributed by atoms with Crippen LogP contribution in [0.4, 0.5) is 0 Å². The van der Waals surface area contributed by atoms with Crippen LogP contribution in [0.15, 0.2) is 6.33 Å². The smallest absolute Gasteiger partial charge is 0.116 e. The molecule has 1 aromatic heterocycles. The Morgan fingerprint density at radius 3 is 2.37 bits per heavy atom. The van der Waals surface area contributed by atoms with Crippen LogP contribution in [-0.4, -0.2) is 9.97 Å². The highest BCUT2D eigenvalue weighted by Crippen LogP contribution is 2.59. The van der Waals surface area contributed by atoms with E-state index >= 15 is 0 Å². The molecule has 0 unspecified atom stereocenters. The van der Waals surface area contributed by atoms with Crippen molar-refractivity contribution in [3.63, 3.8) is 0 Å². The number of hydrogen-bond donors (Lipinski definition) is 1. The second kappa shape index (κ2) is 3.78.